The molecule has 1 atom stereocenters. The smallest absolute Gasteiger partial charge is 0.291 e. The Bertz CT molecular complexity index is 648. The first-order valence-electron chi connectivity index (χ1n) is 7.12. The zero-order chi connectivity index (χ0) is 15.6. The molecule has 3 N–H and O–H groups in total. The number of nitrogens with two attached hydrogens (primary N) is 1. The summed E-state index contributed by atoms with van der Waals surface area (Å²) in [5, 5.41) is 7.09. The second kappa shape index (κ2) is 6.17. The van der Waals surface area contributed by atoms with Gasteiger partial charge >= 0.3 is 0 Å². The third-order valence-corrected chi connectivity index (χ3v) is 3.20. The minimum atomic E-state index is -0.311. The van der Waals surface area contributed by atoms with Gasteiger partial charge in [-0.15, -0.1) is 5.10 Å². The van der Waals surface area contributed by atoms with Gasteiger partial charge in [0.1, 0.15) is 0 Å². The number of carbonyl (C=O) groups is 1. The molecule has 1 amide bonds. The van der Waals surface area contributed by atoms with Gasteiger partial charge in [-0.3, -0.25) is 4.79 Å². The van der Waals surface area contributed by atoms with Crippen LogP contribution in [0.5, 0.6) is 0 Å². The highest BCUT2D eigenvalue weighted by molar-refractivity contribution is 5.91. The van der Waals surface area contributed by atoms with Crippen LogP contribution in [0.15, 0.2) is 6.07 Å². The van der Waals surface area contributed by atoms with Gasteiger partial charge in [0, 0.05) is 24.0 Å². The summed E-state index contributed by atoms with van der Waals surface area (Å²) in [6.45, 7) is 8.36. The third kappa shape index (κ3) is 3.55. The minimum Gasteiger partial charge on any atom is -0.345 e. The Balaban J connectivity index is 2.21. The number of fused-ring (bicyclic) bond motifs is 1. The number of hydrogen-bond acceptors (Lipinski definition) is 5. The summed E-state index contributed by atoms with van der Waals surface area (Å²) in [6, 6.07) is 1.82. The van der Waals surface area contributed by atoms with E-state index in [1.807, 2.05) is 19.9 Å². The predicted octanol–water partition coefficient (Wildman–Crippen LogP) is 0.844. The Morgan fingerprint density at radius 3 is 2.71 bits per heavy atom. The Hall–Kier alpha value is -2.02. The zero-order valence-corrected chi connectivity index (χ0v) is 12.9. The van der Waals surface area contributed by atoms with E-state index < -0.39 is 0 Å². The molecule has 7 nitrogen and oxygen atoms in total. The van der Waals surface area contributed by atoms with Crippen LogP contribution in [-0.2, 0) is 0 Å². The number of aromatic nitrogens is 4. The Kier molecular flexibility index (Phi) is 4.52. The van der Waals surface area contributed by atoms with E-state index in [2.05, 4.69) is 34.2 Å². The van der Waals surface area contributed by atoms with E-state index in [9.17, 15) is 4.79 Å². The highest BCUT2D eigenvalue weighted by atomic mass is 16.2. The zero-order valence-electron chi connectivity index (χ0n) is 12.9. The van der Waals surface area contributed by atoms with Crippen LogP contribution in [-0.4, -0.2) is 38.1 Å². The molecule has 7 heteroatoms. The summed E-state index contributed by atoms with van der Waals surface area (Å²) in [5.74, 6) is 0.706. The Morgan fingerprint density at radius 1 is 1.38 bits per heavy atom. The van der Waals surface area contributed by atoms with E-state index in [0.29, 0.717) is 18.2 Å². The molecule has 0 aliphatic rings. The molecule has 0 spiro atoms. The molecule has 2 aromatic rings. The minimum absolute atomic E-state index is 0.0695. The SMILES string of the molecule is Cc1cc(C)n2nc(C(=O)NC(CN)CC(C)C)nc2n1. The fraction of sp³-hybridized carbons (Fsp3) is 0.571. The van der Waals surface area contributed by atoms with Crippen molar-refractivity contribution in [3.63, 3.8) is 0 Å². The monoisotopic (exact) mass is 290 g/mol. The Labute approximate surface area is 124 Å². The summed E-state index contributed by atoms with van der Waals surface area (Å²) in [6.07, 6.45) is 0.825. The molecule has 0 aliphatic heterocycles. The van der Waals surface area contributed by atoms with E-state index in [1.165, 1.54) is 0 Å². The molecule has 0 saturated heterocycles. The number of nitrogens with zero attached hydrogens (tertiary/aromatic N) is 4. The molecule has 0 aromatic carbocycles. The van der Waals surface area contributed by atoms with Gasteiger partial charge < -0.3 is 11.1 Å². The fourth-order valence-electron chi connectivity index (χ4n) is 2.30. The van der Waals surface area contributed by atoms with E-state index in [-0.39, 0.29) is 17.8 Å². The van der Waals surface area contributed by atoms with Crippen LogP contribution < -0.4 is 11.1 Å². The van der Waals surface area contributed by atoms with Crippen molar-refractivity contribution in [2.24, 2.45) is 11.7 Å². The van der Waals surface area contributed by atoms with Crippen molar-refractivity contribution in [2.75, 3.05) is 6.54 Å². The third-order valence-electron chi connectivity index (χ3n) is 3.20. The van der Waals surface area contributed by atoms with E-state index in [0.717, 1.165) is 17.8 Å². The molecule has 0 saturated carbocycles. The van der Waals surface area contributed by atoms with Gasteiger partial charge in [0.2, 0.25) is 5.82 Å². The molecule has 114 valence electrons. The maximum Gasteiger partial charge on any atom is 0.291 e. The van der Waals surface area contributed by atoms with E-state index >= 15 is 0 Å². The number of carbonyl (C=O) groups excluding carboxylic acids is 1. The highest BCUT2D eigenvalue weighted by Crippen LogP contribution is 2.07. The van der Waals surface area contributed by atoms with Gasteiger partial charge in [0.05, 0.1) is 0 Å². The molecule has 0 radical (unpaired) electrons. The topological polar surface area (TPSA) is 98.2 Å². The molecular weight excluding hydrogens is 268 g/mol. The van der Waals surface area contributed by atoms with Crippen molar-refractivity contribution in [1.29, 1.82) is 0 Å². The standard InChI is InChI=1S/C14H22N6O/c1-8(2)5-11(7-15)17-13(21)12-18-14-16-9(3)6-10(4)20(14)19-12/h6,8,11H,5,7,15H2,1-4H3,(H,17,21). The first-order valence-corrected chi connectivity index (χ1v) is 7.12. The van der Waals surface area contributed by atoms with Crippen molar-refractivity contribution < 1.29 is 4.79 Å². The number of amides is 1. The first-order chi connectivity index (χ1) is 9.90. The second-order valence-electron chi connectivity index (χ2n) is 5.72. The maximum atomic E-state index is 12.2. The van der Waals surface area contributed by atoms with Crippen molar-refractivity contribution in [1.82, 2.24) is 24.9 Å². The first kappa shape index (κ1) is 15.4. The number of hydrogen-bond donors (Lipinski definition) is 2. The lowest BCUT2D eigenvalue weighted by molar-refractivity contribution is 0.0923. The second-order valence-corrected chi connectivity index (χ2v) is 5.72. The number of rotatable bonds is 5. The van der Waals surface area contributed by atoms with E-state index in [4.69, 9.17) is 5.73 Å². The average Bonchev–Trinajstić information content (AvgIpc) is 2.81. The summed E-state index contributed by atoms with van der Waals surface area (Å²) in [5.41, 5.74) is 7.43. The summed E-state index contributed by atoms with van der Waals surface area (Å²) >= 11 is 0. The maximum absolute atomic E-state index is 12.2. The van der Waals surface area contributed by atoms with Crippen LogP contribution >= 0.6 is 0 Å². The van der Waals surface area contributed by atoms with Crippen LogP contribution in [0.25, 0.3) is 5.78 Å². The van der Waals surface area contributed by atoms with Gasteiger partial charge in [-0.05, 0) is 32.3 Å². The lowest BCUT2D eigenvalue weighted by atomic mass is 10.0. The molecule has 2 heterocycles. The molecule has 0 aliphatic carbocycles. The highest BCUT2D eigenvalue weighted by Gasteiger charge is 2.18. The quantitative estimate of drug-likeness (QED) is 0.850. The van der Waals surface area contributed by atoms with E-state index in [1.54, 1.807) is 4.52 Å². The van der Waals surface area contributed by atoms with Crippen molar-refractivity contribution in [3.8, 4) is 0 Å². The molecule has 0 fully saturated rings. The molecule has 2 rings (SSSR count). The van der Waals surface area contributed by atoms with Gasteiger partial charge in [0.15, 0.2) is 0 Å². The van der Waals surface area contributed by atoms with Gasteiger partial charge in [-0.25, -0.2) is 9.50 Å². The van der Waals surface area contributed by atoms with Crippen LogP contribution in [0, 0.1) is 19.8 Å². The largest absolute Gasteiger partial charge is 0.345 e. The van der Waals surface area contributed by atoms with Crippen LogP contribution in [0.2, 0.25) is 0 Å². The summed E-state index contributed by atoms with van der Waals surface area (Å²) in [4.78, 5) is 20.7. The molecule has 21 heavy (non-hydrogen) atoms. The van der Waals surface area contributed by atoms with Crippen LogP contribution in [0.4, 0.5) is 0 Å². The molecule has 2 aromatic heterocycles. The number of nitrogens with one attached hydrogen (secondary N) is 1. The van der Waals surface area contributed by atoms with Crippen molar-refractivity contribution in [3.05, 3.63) is 23.3 Å². The van der Waals surface area contributed by atoms with Gasteiger partial charge in [0.25, 0.3) is 11.7 Å². The normalized spacial score (nSPS) is 12.9. The molecule has 1 unspecified atom stereocenters. The van der Waals surface area contributed by atoms with Crippen molar-refractivity contribution >= 4 is 11.7 Å². The van der Waals surface area contributed by atoms with Crippen LogP contribution in [0.1, 0.15) is 42.3 Å². The van der Waals surface area contributed by atoms with Crippen LogP contribution in [0.3, 0.4) is 0 Å². The van der Waals surface area contributed by atoms with Gasteiger partial charge in [-0.1, -0.05) is 13.8 Å². The molecule has 0 bridgehead atoms. The summed E-state index contributed by atoms with van der Waals surface area (Å²) in [7, 11) is 0. The molecular formula is C14H22N6O. The summed E-state index contributed by atoms with van der Waals surface area (Å²) < 4.78 is 1.57. The number of aryl methyl sites for hydroxylation is 2. The lowest BCUT2D eigenvalue weighted by Gasteiger charge is -2.17. The van der Waals surface area contributed by atoms with Gasteiger partial charge in [-0.2, -0.15) is 4.98 Å². The Morgan fingerprint density at radius 2 is 2.10 bits per heavy atom. The predicted molar refractivity (Wildman–Crippen MR) is 80.0 cm³/mol. The lowest BCUT2D eigenvalue weighted by Crippen LogP contribution is -2.41. The fourth-order valence-corrected chi connectivity index (χ4v) is 2.30. The average molecular weight is 290 g/mol. The van der Waals surface area contributed by atoms with Crippen molar-refractivity contribution in [2.45, 2.75) is 40.2 Å².